The largest absolute Gasteiger partial charge is 0.433 e. The van der Waals surface area contributed by atoms with Crippen molar-refractivity contribution in [3.05, 3.63) is 48.3 Å². The minimum Gasteiger partial charge on any atom is -0.324 e. The highest BCUT2D eigenvalue weighted by Gasteiger charge is 2.32. The van der Waals surface area contributed by atoms with Crippen LogP contribution in [0.1, 0.15) is 37.7 Å². The Hall–Kier alpha value is -2.88. The van der Waals surface area contributed by atoms with Crippen LogP contribution in [0, 0.1) is 0 Å². The van der Waals surface area contributed by atoms with Crippen LogP contribution in [0.4, 0.5) is 24.8 Å². The Balaban J connectivity index is 1.79. The maximum atomic E-state index is 12.8. The average Bonchev–Trinajstić information content (AvgIpc) is 2.63. The Bertz CT molecular complexity index is 884. The van der Waals surface area contributed by atoms with E-state index in [2.05, 4.69) is 30.6 Å². The van der Waals surface area contributed by atoms with Crippen LogP contribution in [0.15, 0.2) is 36.8 Å². The highest BCUT2D eigenvalue weighted by Crippen LogP contribution is 2.29. The zero-order chi connectivity index (χ0) is 20.3. The number of aromatic nitrogens is 4. The summed E-state index contributed by atoms with van der Waals surface area (Å²) in [6.07, 6.45) is 1.53. The molecular formula is C18H19F3N6O. The predicted molar refractivity (Wildman–Crippen MR) is 95.9 cm³/mol. The molecule has 2 heterocycles. The number of halogens is 3. The zero-order valence-electron chi connectivity index (χ0n) is 15.2. The van der Waals surface area contributed by atoms with Crippen molar-refractivity contribution < 1.29 is 18.0 Å². The van der Waals surface area contributed by atoms with Gasteiger partial charge in [0.15, 0.2) is 5.78 Å². The van der Waals surface area contributed by atoms with Gasteiger partial charge in [0.05, 0.1) is 5.92 Å². The van der Waals surface area contributed by atoms with E-state index < -0.39 is 17.8 Å². The molecule has 10 heteroatoms. The van der Waals surface area contributed by atoms with Crippen molar-refractivity contribution in [1.82, 2.24) is 25.3 Å². The van der Waals surface area contributed by atoms with Gasteiger partial charge in [0, 0.05) is 24.0 Å². The third-order valence-corrected chi connectivity index (χ3v) is 4.08. The lowest BCUT2D eigenvalue weighted by Gasteiger charge is -2.25. The van der Waals surface area contributed by atoms with Crippen molar-refractivity contribution in [3.8, 4) is 0 Å². The summed E-state index contributed by atoms with van der Waals surface area (Å²) in [6, 6.07) is 2.48. The van der Waals surface area contributed by atoms with Gasteiger partial charge in [-0.3, -0.25) is 9.78 Å². The summed E-state index contributed by atoms with van der Waals surface area (Å²) in [5, 5.41) is 6.04. The molecule has 0 saturated heterocycles. The average molecular weight is 392 g/mol. The molecule has 2 N–H and O–H groups in total. The Morgan fingerprint density at radius 2 is 2.00 bits per heavy atom. The van der Waals surface area contributed by atoms with Crippen molar-refractivity contribution in [1.29, 1.82) is 0 Å². The van der Waals surface area contributed by atoms with Crippen LogP contribution in [0.2, 0.25) is 0 Å². The fourth-order valence-corrected chi connectivity index (χ4v) is 2.89. The number of allylic oxidation sites excluding steroid dienone is 1. The summed E-state index contributed by atoms with van der Waals surface area (Å²) < 4.78 is 38.4. The highest BCUT2D eigenvalue weighted by molar-refractivity contribution is 5.95. The molecule has 0 spiro atoms. The van der Waals surface area contributed by atoms with E-state index >= 15 is 0 Å². The van der Waals surface area contributed by atoms with Gasteiger partial charge in [0.2, 0.25) is 5.95 Å². The van der Waals surface area contributed by atoms with Crippen LogP contribution in [-0.2, 0) is 11.0 Å². The Morgan fingerprint density at radius 3 is 2.71 bits per heavy atom. The van der Waals surface area contributed by atoms with E-state index in [1.807, 2.05) is 19.9 Å². The highest BCUT2D eigenvalue weighted by atomic mass is 19.4. The van der Waals surface area contributed by atoms with Gasteiger partial charge >= 0.3 is 6.18 Å². The minimum atomic E-state index is -4.55. The van der Waals surface area contributed by atoms with Gasteiger partial charge in [-0.15, -0.1) is 0 Å². The molecule has 0 amide bonds. The predicted octanol–water partition coefficient (Wildman–Crippen LogP) is 3.01. The zero-order valence-corrected chi connectivity index (χ0v) is 15.2. The van der Waals surface area contributed by atoms with Gasteiger partial charge in [-0.2, -0.15) is 18.2 Å². The normalized spacial score (nSPS) is 19.9. The van der Waals surface area contributed by atoms with Gasteiger partial charge < -0.3 is 10.6 Å². The second-order valence-electron chi connectivity index (χ2n) is 6.70. The summed E-state index contributed by atoms with van der Waals surface area (Å²) in [7, 11) is 0. The standard InChI is InChI=1S/C18H19F3N6O/c1-10(2)25-11-3-4-14(28)13(7-11)16-23-9-24-17(27-16)26-12-5-6-22-15(8-12)18(19,20)21/h3-6,8-11,13,25H,7H2,1-2H3,(H,22,23,24,26,27). The Labute approximate surface area is 159 Å². The fourth-order valence-electron chi connectivity index (χ4n) is 2.89. The first-order valence-electron chi connectivity index (χ1n) is 8.69. The van der Waals surface area contributed by atoms with Gasteiger partial charge in [0.25, 0.3) is 0 Å². The topological polar surface area (TPSA) is 92.7 Å². The number of alkyl halides is 3. The molecule has 0 aliphatic heterocycles. The molecule has 2 atom stereocenters. The molecule has 1 aliphatic carbocycles. The molecule has 148 valence electrons. The second-order valence-corrected chi connectivity index (χ2v) is 6.70. The molecular weight excluding hydrogens is 373 g/mol. The molecule has 2 unspecified atom stereocenters. The monoisotopic (exact) mass is 392 g/mol. The number of hydrogen-bond acceptors (Lipinski definition) is 7. The number of pyridine rings is 1. The molecule has 0 fully saturated rings. The van der Waals surface area contributed by atoms with Crippen LogP contribution in [0.3, 0.4) is 0 Å². The molecule has 2 aromatic heterocycles. The Kier molecular flexibility index (Phi) is 5.68. The number of rotatable bonds is 5. The van der Waals surface area contributed by atoms with E-state index in [4.69, 9.17) is 0 Å². The van der Waals surface area contributed by atoms with Crippen molar-refractivity contribution in [2.75, 3.05) is 5.32 Å². The van der Waals surface area contributed by atoms with Crippen LogP contribution in [0.25, 0.3) is 0 Å². The van der Waals surface area contributed by atoms with E-state index in [0.717, 1.165) is 12.3 Å². The van der Waals surface area contributed by atoms with Crippen LogP contribution < -0.4 is 10.6 Å². The first-order chi connectivity index (χ1) is 13.2. The lowest BCUT2D eigenvalue weighted by Crippen LogP contribution is -2.38. The van der Waals surface area contributed by atoms with Gasteiger partial charge in [-0.1, -0.05) is 19.9 Å². The van der Waals surface area contributed by atoms with E-state index in [0.29, 0.717) is 6.42 Å². The third kappa shape index (κ3) is 4.89. The number of carbonyl (C=O) groups excluding carboxylic acids is 1. The van der Waals surface area contributed by atoms with Crippen LogP contribution >= 0.6 is 0 Å². The second kappa shape index (κ2) is 8.01. The van der Waals surface area contributed by atoms with E-state index in [1.54, 1.807) is 0 Å². The van der Waals surface area contributed by atoms with Gasteiger partial charge in [-0.25, -0.2) is 9.97 Å². The summed E-state index contributed by atoms with van der Waals surface area (Å²) >= 11 is 0. The molecule has 1 aliphatic rings. The van der Waals surface area contributed by atoms with Crippen molar-refractivity contribution >= 4 is 17.4 Å². The van der Waals surface area contributed by atoms with Gasteiger partial charge in [-0.05, 0) is 24.6 Å². The lowest BCUT2D eigenvalue weighted by atomic mass is 9.89. The fraction of sp³-hybridized carbons (Fsp3) is 0.389. The molecule has 28 heavy (non-hydrogen) atoms. The smallest absolute Gasteiger partial charge is 0.324 e. The number of nitrogens with one attached hydrogen (secondary N) is 2. The molecule has 0 bridgehead atoms. The first-order valence-corrected chi connectivity index (χ1v) is 8.69. The summed E-state index contributed by atoms with van der Waals surface area (Å²) in [5.41, 5.74) is -0.893. The summed E-state index contributed by atoms with van der Waals surface area (Å²) in [6.45, 7) is 4.02. The van der Waals surface area contributed by atoms with E-state index in [9.17, 15) is 18.0 Å². The quantitative estimate of drug-likeness (QED) is 0.808. The Morgan fingerprint density at radius 1 is 1.21 bits per heavy atom. The third-order valence-electron chi connectivity index (χ3n) is 4.08. The van der Waals surface area contributed by atoms with Crippen molar-refractivity contribution in [2.24, 2.45) is 0 Å². The number of anilines is 2. The SMILES string of the molecule is CC(C)NC1C=CC(=O)C(c2ncnc(Nc3ccnc(C(F)(F)F)c3)n2)C1. The number of ketones is 1. The van der Waals surface area contributed by atoms with E-state index in [1.165, 1.54) is 18.5 Å². The summed E-state index contributed by atoms with van der Waals surface area (Å²) in [5.74, 6) is -0.345. The number of nitrogens with zero attached hydrogens (tertiary/aromatic N) is 4. The molecule has 0 aromatic carbocycles. The lowest BCUT2D eigenvalue weighted by molar-refractivity contribution is -0.141. The first kappa shape index (κ1) is 19.9. The summed E-state index contributed by atoms with van der Waals surface area (Å²) in [4.78, 5) is 27.8. The van der Waals surface area contributed by atoms with Crippen molar-refractivity contribution in [2.45, 2.75) is 44.4 Å². The molecule has 0 radical (unpaired) electrons. The maximum Gasteiger partial charge on any atom is 0.433 e. The molecule has 7 nitrogen and oxygen atoms in total. The van der Waals surface area contributed by atoms with Gasteiger partial charge in [0.1, 0.15) is 17.8 Å². The molecule has 3 rings (SSSR count). The maximum absolute atomic E-state index is 12.8. The van der Waals surface area contributed by atoms with Crippen LogP contribution in [0.5, 0.6) is 0 Å². The number of carbonyl (C=O) groups is 1. The van der Waals surface area contributed by atoms with Crippen LogP contribution in [-0.4, -0.2) is 37.8 Å². The molecule has 2 aromatic rings. The number of hydrogen-bond donors (Lipinski definition) is 2. The van der Waals surface area contributed by atoms with E-state index in [-0.39, 0.29) is 35.3 Å². The molecule has 0 saturated carbocycles. The van der Waals surface area contributed by atoms with Crippen molar-refractivity contribution in [3.63, 3.8) is 0 Å². The minimum absolute atomic E-state index is 0.00501.